The van der Waals surface area contributed by atoms with Gasteiger partial charge in [-0.1, -0.05) is 12.1 Å². The van der Waals surface area contributed by atoms with Gasteiger partial charge in [-0.15, -0.1) is 0 Å². The quantitative estimate of drug-likeness (QED) is 0.811. The van der Waals surface area contributed by atoms with Gasteiger partial charge in [-0.3, -0.25) is 0 Å². The molecule has 0 radical (unpaired) electrons. The molecule has 1 saturated heterocycles. The highest BCUT2D eigenvalue weighted by atomic mass is 16.6. The molecule has 1 aromatic rings. The summed E-state index contributed by atoms with van der Waals surface area (Å²) in [6.07, 6.45) is 1.00. The second-order valence-corrected chi connectivity index (χ2v) is 4.52. The van der Waals surface area contributed by atoms with Crippen LogP contribution in [0.2, 0.25) is 0 Å². The van der Waals surface area contributed by atoms with Crippen molar-refractivity contribution < 1.29 is 19.0 Å². The fourth-order valence-corrected chi connectivity index (χ4v) is 2.06. The highest BCUT2D eigenvalue weighted by Crippen LogP contribution is 2.20. The Kier molecular flexibility index (Phi) is 4.76. The summed E-state index contributed by atoms with van der Waals surface area (Å²) in [5.74, 6) is 0.424. The van der Waals surface area contributed by atoms with Crippen LogP contribution in [0.3, 0.4) is 0 Å². The van der Waals surface area contributed by atoms with E-state index in [0.717, 1.165) is 17.7 Å². The first-order valence-corrected chi connectivity index (χ1v) is 6.38. The number of hydrogen-bond acceptors (Lipinski definition) is 5. The van der Waals surface area contributed by atoms with Crippen LogP contribution in [0.1, 0.15) is 18.4 Å². The summed E-state index contributed by atoms with van der Waals surface area (Å²) in [7, 11) is 1.60. The number of carbonyl (C=O) groups excluding carboxylic acids is 1. The largest absolute Gasteiger partial charge is 0.497 e. The van der Waals surface area contributed by atoms with Gasteiger partial charge in [0.05, 0.1) is 13.2 Å². The zero-order valence-electron chi connectivity index (χ0n) is 11.0. The average Bonchev–Trinajstić information content (AvgIpc) is 2.94. The van der Waals surface area contributed by atoms with Crippen LogP contribution >= 0.6 is 0 Å². The number of methoxy groups -OCH3 is 1. The lowest BCUT2D eigenvalue weighted by molar-refractivity contribution is -0.157. The number of ether oxygens (including phenoxy) is 3. The van der Waals surface area contributed by atoms with Crippen molar-refractivity contribution in [2.24, 2.45) is 5.73 Å². The normalized spacial score (nSPS) is 22.2. The van der Waals surface area contributed by atoms with Crippen molar-refractivity contribution in [3.8, 4) is 5.75 Å². The number of benzene rings is 1. The van der Waals surface area contributed by atoms with Gasteiger partial charge in [0.2, 0.25) is 0 Å². The summed E-state index contributed by atoms with van der Waals surface area (Å²) >= 11 is 0. The highest BCUT2D eigenvalue weighted by Gasteiger charge is 2.30. The lowest BCUT2D eigenvalue weighted by Gasteiger charge is -2.12. The van der Waals surface area contributed by atoms with Crippen LogP contribution in [0.25, 0.3) is 0 Å². The van der Waals surface area contributed by atoms with Crippen LogP contribution in [0.4, 0.5) is 0 Å². The minimum absolute atomic E-state index is 0.0191. The predicted molar refractivity (Wildman–Crippen MR) is 69.7 cm³/mol. The summed E-state index contributed by atoms with van der Waals surface area (Å²) in [6, 6.07) is 7.43. The second-order valence-electron chi connectivity index (χ2n) is 4.52. The fraction of sp³-hybridized carbons (Fsp3) is 0.500. The van der Waals surface area contributed by atoms with Crippen LogP contribution in [0.15, 0.2) is 24.3 Å². The Morgan fingerprint density at radius 3 is 3.00 bits per heavy atom. The molecule has 1 heterocycles. The maximum Gasteiger partial charge on any atom is 0.335 e. The Hall–Kier alpha value is -1.59. The molecule has 0 aliphatic carbocycles. The first-order chi connectivity index (χ1) is 9.22. The Morgan fingerprint density at radius 1 is 1.47 bits per heavy atom. The maximum absolute atomic E-state index is 11.8. The molecule has 0 amide bonds. The molecule has 5 heteroatoms. The summed E-state index contributed by atoms with van der Waals surface area (Å²) in [6.45, 7) is 0.669. The Balaban J connectivity index is 1.83. The SMILES string of the molecule is COc1cccc(COC(=O)C2CCC(CN)O2)c1. The van der Waals surface area contributed by atoms with E-state index in [4.69, 9.17) is 19.9 Å². The summed E-state index contributed by atoms with van der Waals surface area (Å²) in [5, 5.41) is 0. The molecule has 1 aromatic carbocycles. The van der Waals surface area contributed by atoms with Crippen LogP contribution < -0.4 is 10.5 Å². The van der Waals surface area contributed by atoms with Gasteiger partial charge in [-0.25, -0.2) is 4.79 Å². The third-order valence-electron chi connectivity index (χ3n) is 3.15. The third-order valence-corrected chi connectivity index (χ3v) is 3.15. The van der Waals surface area contributed by atoms with Gasteiger partial charge in [0, 0.05) is 6.54 Å². The van der Waals surface area contributed by atoms with E-state index in [0.29, 0.717) is 13.0 Å². The minimum atomic E-state index is -0.473. The van der Waals surface area contributed by atoms with Crippen molar-refractivity contribution in [3.05, 3.63) is 29.8 Å². The smallest absolute Gasteiger partial charge is 0.335 e. The predicted octanol–water partition coefficient (Wildman–Crippen LogP) is 1.24. The minimum Gasteiger partial charge on any atom is -0.497 e. The summed E-state index contributed by atoms with van der Waals surface area (Å²) in [4.78, 5) is 11.8. The molecule has 1 fully saturated rings. The molecule has 1 aliphatic rings. The van der Waals surface area contributed by atoms with Gasteiger partial charge in [0.15, 0.2) is 6.10 Å². The number of esters is 1. The molecule has 2 rings (SSSR count). The third kappa shape index (κ3) is 3.68. The first kappa shape index (κ1) is 13.8. The molecule has 2 N–H and O–H groups in total. The fourth-order valence-electron chi connectivity index (χ4n) is 2.06. The topological polar surface area (TPSA) is 70.8 Å². The molecule has 1 aliphatic heterocycles. The first-order valence-electron chi connectivity index (χ1n) is 6.38. The van der Waals surface area contributed by atoms with E-state index >= 15 is 0 Å². The van der Waals surface area contributed by atoms with Crippen molar-refractivity contribution in [1.82, 2.24) is 0 Å². The van der Waals surface area contributed by atoms with E-state index in [1.807, 2.05) is 24.3 Å². The number of nitrogens with two attached hydrogens (primary N) is 1. The number of rotatable bonds is 5. The Labute approximate surface area is 112 Å². The van der Waals surface area contributed by atoms with Gasteiger partial charge < -0.3 is 19.9 Å². The van der Waals surface area contributed by atoms with Gasteiger partial charge >= 0.3 is 5.97 Å². The molecular formula is C14H19NO4. The van der Waals surface area contributed by atoms with Crippen molar-refractivity contribution in [1.29, 1.82) is 0 Å². The number of carbonyl (C=O) groups is 1. The Morgan fingerprint density at radius 2 is 2.32 bits per heavy atom. The van der Waals surface area contributed by atoms with Crippen LogP contribution in [-0.2, 0) is 20.9 Å². The lowest BCUT2D eigenvalue weighted by Crippen LogP contribution is -2.26. The standard InChI is InChI=1S/C14H19NO4/c1-17-11-4-2-3-10(7-11)9-18-14(16)13-6-5-12(8-15)19-13/h2-4,7,12-13H,5-6,8-9,15H2,1H3. The molecular weight excluding hydrogens is 246 g/mol. The summed E-state index contributed by atoms with van der Waals surface area (Å²) < 4.78 is 15.8. The molecule has 104 valence electrons. The van der Waals surface area contributed by atoms with E-state index in [-0.39, 0.29) is 18.7 Å². The summed E-state index contributed by atoms with van der Waals surface area (Å²) in [5.41, 5.74) is 6.39. The van der Waals surface area contributed by atoms with E-state index in [9.17, 15) is 4.79 Å². The van der Waals surface area contributed by atoms with Crippen LogP contribution in [0.5, 0.6) is 5.75 Å². The van der Waals surface area contributed by atoms with E-state index in [2.05, 4.69) is 0 Å². The molecule has 2 unspecified atom stereocenters. The van der Waals surface area contributed by atoms with E-state index in [1.165, 1.54) is 0 Å². The van der Waals surface area contributed by atoms with Gasteiger partial charge in [-0.2, -0.15) is 0 Å². The molecule has 2 atom stereocenters. The molecule has 0 spiro atoms. The highest BCUT2D eigenvalue weighted by molar-refractivity contribution is 5.75. The van der Waals surface area contributed by atoms with Crippen LogP contribution in [-0.4, -0.2) is 31.8 Å². The maximum atomic E-state index is 11.8. The van der Waals surface area contributed by atoms with E-state index in [1.54, 1.807) is 7.11 Å². The lowest BCUT2D eigenvalue weighted by atomic mass is 10.2. The van der Waals surface area contributed by atoms with Crippen molar-refractivity contribution in [2.45, 2.75) is 31.7 Å². The average molecular weight is 265 g/mol. The number of hydrogen-bond donors (Lipinski definition) is 1. The van der Waals surface area contributed by atoms with Gasteiger partial charge in [0.25, 0.3) is 0 Å². The molecule has 0 bridgehead atoms. The van der Waals surface area contributed by atoms with Crippen molar-refractivity contribution in [3.63, 3.8) is 0 Å². The second kappa shape index (κ2) is 6.54. The zero-order valence-corrected chi connectivity index (χ0v) is 11.0. The van der Waals surface area contributed by atoms with Crippen molar-refractivity contribution >= 4 is 5.97 Å². The van der Waals surface area contributed by atoms with Gasteiger partial charge in [0.1, 0.15) is 12.4 Å². The van der Waals surface area contributed by atoms with Crippen LogP contribution in [0, 0.1) is 0 Å². The zero-order chi connectivity index (χ0) is 13.7. The van der Waals surface area contributed by atoms with E-state index < -0.39 is 6.10 Å². The molecule has 0 saturated carbocycles. The monoisotopic (exact) mass is 265 g/mol. The van der Waals surface area contributed by atoms with Gasteiger partial charge in [-0.05, 0) is 30.5 Å². The molecule has 19 heavy (non-hydrogen) atoms. The Bertz CT molecular complexity index is 435. The molecule has 5 nitrogen and oxygen atoms in total. The molecule has 0 aromatic heterocycles. The van der Waals surface area contributed by atoms with Crippen molar-refractivity contribution in [2.75, 3.05) is 13.7 Å².